The van der Waals surface area contributed by atoms with E-state index in [9.17, 15) is 9.59 Å². The van der Waals surface area contributed by atoms with E-state index < -0.39 is 0 Å². The molecule has 0 spiro atoms. The summed E-state index contributed by atoms with van der Waals surface area (Å²) in [4.78, 5) is 25.5. The van der Waals surface area contributed by atoms with E-state index in [0.717, 1.165) is 52.7 Å². The van der Waals surface area contributed by atoms with E-state index in [1.165, 1.54) is 0 Å². The largest absolute Gasteiger partial charge is 0.463 e. The van der Waals surface area contributed by atoms with Crippen LogP contribution in [0.4, 0.5) is 0 Å². The van der Waals surface area contributed by atoms with E-state index in [-0.39, 0.29) is 11.5 Å². The van der Waals surface area contributed by atoms with Gasteiger partial charge < -0.3 is 4.74 Å². The van der Waals surface area contributed by atoms with Gasteiger partial charge in [-0.25, -0.2) is 4.79 Å². The quantitative estimate of drug-likeness (QED) is 0.499. The highest BCUT2D eigenvalue weighted by molar-refractivity contribution is 6.00. The van der Waals surface area contributed by atoms with Gasteiger partial charge in [0.05, 0.1) is 6.61 Å². The van der Waals surface area contributed by atoms with Crippen LogP contribution in [0, 0.1) is 6.92 Å². The number of hydrogen-bond donors (Lipinski definition) is 0. The molecule has 4 nitrogen and oxygen atoms in total. The average molecular weight is 373 g/mol. The molecule has 0 amide bonds. The maximum Gasteiger partial charge on any atom is 0.331 e. The number of nitrogens with zero attached hydrogens (tertiary/aromatic N) is 1. The van der Waals surface area contributed by atoms with Crippen LogP contribution >= 0.6 is 0 Å². The van der Waals surface area contributed by atoms with E-state index in [2.05, 4.69) is 0 Å². The van der Waals surface area contributed by atoms with Crippen molar-refractivity contribution in [2.24, 2.45) is 0 Å². The molecule has 1 aromatic heterocycles. The molecule has 0 unspecified atom stereocenters. The van der Waals surface area contributed by atoms with Gasteiger partial charge >= 0.3 is 5.97 Å². The Labute approximate surface area is 164 Å². The van der Waals surface area contributed by atoms with Crippen molar-refractivity contribution < 1.29 is 9.53 Å². The number of fused-ring (bicyclic) bond motifs is 3. The van der Waals surface area contributed by atoms with Gasteiger partial charge in [-0.05, 0) is 62.3 Å². The van der Waals surface area contributed by atoms with Crippen LogP contribution in [-0.4, -0.2) is 17.1 Å². The van der Waals surface area contributed by atoms with Crippen LogP contribution < -0.4 is 5.56 Å². The number of aromatic nitrogens is 1. The van der Waals surface area contributed by atoms with Gasteiger partial charge in [0.25, 0.3) is 5.56 Å². The average Bonchev–Trinajstić information content (AvgIpc) is 2.70. The summed E-state index contributed by atoms with van der Waals surface area (Å²) in [6.07, 6.45) is 4.07. The summed E-state index contributed by atoms with van der Waals surface area (Å²) >= 11 is 0. The van der Waals surface area contributed by atoms with E-state index in [4.69, 9.17) is 4.74 Å². The molecule has 1 aliphatic carbocycles. The third-order valence-corrected chi connectivity index (χ3v) is 5.24. The molecule has 0 aliphatic heterocycles. The number of hydrogen-bond acceptors (Lipinski definition) is 3. The minimum Gasteiger partial charge on any atom is -0.463 e. The van der Waals surface area contributed by atoms with Crippen molar-refractivity contribution >= 4 is 22.3 Å². The Balaban J connectivity index is 2.05. The molecule has 3 aromatic rings. The van der Waals surface area contributed by atoms with Crippen molar-refractivity contribution in [2.75, 3.05) is 6.61 Å². The van der Waals surface area contributed by atoms with Gasteiger partial charge in [0.2, 0.25) is 0 Å². The van der Waals surface area contributed by atoms with Gasteiger partial charge in [0.15, 0.2) is 0 Å². The van der Waals surface area contributed by atoms with Gasteiger partial charge in [0, 0.05) is 28.4 Å². The molecular formula is C24H23NO3. The highest BCUT2D eigenvalue weighted by Crippen LogP contribution is 2.36. The second-order valence-corrected chi connectivity index (χ2v) is 7.12. The Morgan fingerprint density at radius 2 is 1.79 bits per heavy atom. The maximum absolute atomic E-state index is 13.4. The Hall–Kier alpha value is -3.14. The molecule has 0 radical (unpaired) electrons. The Bertz CT molecular complexity index is 1140. The third-order valence-electron chi connectivity index (χ3n) is 5.24. The summed E-state index contributed by atoms with van der Waals surface area (Å²) < 4.78 is 6.95. The Kier molecular flexibility index (Phi) is 4.86. The van der Waals surface area contributed by atoms with Crippen molar-refractivity contribution in [3.63, 3.8) is 0 Å². The molecule has 1 aliphatic rings. The number of benzene rings is 2. The molecule has 4 heteroatoms. The minimum atomic E-state index is -0.331. The van der Waals surface area contributed by atoms with E-state index in [1.807, 2.05) is 60.0 Å². The van der Waals surface area contributed by atoms with Crippen LogP contribution in [0.1, 0.15) is 36.6 Å². The number of rotatable bonds is 3. The molecule has 0 fully saturated rings. The fourth-order valence-electron chi connectivity index (χ4n) is 4.00. The maximum atomic E-state index is 13.4. The first-order valence-electron chi connectivity index (χ1n) is 9.71. The Morgan fingerprint density at radius 3 is 2.50 bits per heavy atom. The summed E-state index contributed by atoms with van der Waals surface area (Å²) in [5, 5.41) is 1.57. The first-order valence-corrected chi connectivity index (χ1v) is 9.71. The number of esters is 1. The van der Waals surface area contributed by atoms with Crippen LogP contribution in [-0.2, 0) is 16.0 Å². The molecule has 0 saturated carbocycles. The number of ether oxygens (including phenoxy) is 1. The fourth-order valence-corrected chi connectivity index (χ4v) is 4.00. The lowest BCUT2D eigenvalue weighted by Gasteiger charge is -2.25. The smallest absolute Gasteiger partial charge is 0.331 e. The van der Waals surface area contributed by atoms with Gasteiger partial charge in [-0.3, -0.25) is 9.36 Å². The summed E-state index contributed by atoms with van der Waals surface area (Å²) in [5.74, 6) is -0.331. The Morgan fingerprint density at radius 1 is 1.07 bits per heavy atom. The van der Waals surface area contributed by atoms with Crippen molar-refractivity contribution in [1.82, 2.24) is 4.57 Å². The minimum absolute atomic E-state index is 0.0180. The predicted molar refractivity (Wildman–Crippen MR) is 112 cm³/mol. The highest BCUT2D eigenvalue weighted by atomic mass is 16.5. The monoisotopic (exact) mass is 373 g/mol. The number of aryl methyl sites for hydroxylation is 1. The zero-order valence-electron chi connectivity index (χ0n) is 16.2. The van der Waals surface area contributed by atoms with Crippen LogP contribution in [0.3, 0.4) is 0 Å². The van der Waals surface area contributed by atoms with Crippen molar-refractivity contribution in [3.05, 3.63) is 81.8 Å². The molecule has 142 valence electrons. The lowest BCUT2D eigenvalue weighted by molar-refractivity contribution is -0.137. The molecule has 0 atom stereocenters. The van der Waals surface area contributed by atoms with Gasteiger partial charge in [-0.1, -0.05) is 35.9 Å². The second kappa shape index (κ2) is 7.47. The molecule has 1 heterocycles. The normalized spacial score (nSPS) is 14.9. The third kappa shape index (κ3) is 3.15. The van der Waals surface area contributed by atoms with Crippen LogP contribution in [0.15, 0.2) is 59.4 Å². The second-order valence-electron chi connectivity index (χ2n) is 7.12. The first-order chi connectivity index (χ1) is 13.6. The zero-order valence-corrected chi connectivity index (χ0v) is 16.2. The SMILES string of the molecule is CCOC(=O)/C=C1\CCCc2c1c1ccccc1c(=O)n2-c1ccc(C)cc1. The van der Waals surface area contributed by atoms with Gasteiger partial charge in [-0.2, -0.15) is 0 Å². The summed E-state index contributed by atoms with van der Waals surface area (Å²) in [6, 6.07) is 15.6. The van der Waals surface area contributed by atoms with E-state index >= 15 is 0 Å². The molecule has 4 rings (SSSR count). The van der Waals surface area contributed by atoms with Crippen LogP contribution in [0.2, 0.25) is 0 Å². The topological polar surface area (TPSA) is 48.3 Å². The standard InChI is InChI=1S/C24H23NO3/c1-3-28-22(26)15-17-7-6-10-21-23(17)19-8-4-5-9-20(19)24(27)25(21)18-13-11-16(2)12-14-18/h4-5,8-9,11-15H,3,6-7,10H2,1-2H3/b17-15+. The predicted octanol–water partition coefficient (Wildman–Crippen LogP) is 4.58. The molecule has 0 bridgehead atoms. The molecule has 28 heavy (non-hydrogen) atoms. The van der Waals surface area contributed by atoms with Crippen molar-refractivity contribution in [3.8, 4) is 5.69 Å². The van der Waals surface area contributed by atoms with E-state index in [0.29, 0.717) is 12.0 Å². The molecule has 0 saturated heterocycles. The van der Waals surface area contributed by atoms with Crippen LogP contribution in [0.5, 0.6) is 0 Å². The number of carbonyl (C=O) groups excluding carboxylic acids is 1. The summed E-state index contributed by atoms with van der Waals surface area (Å²) in [7, 11) is 0. The molecular weight excluding hydrogens is 350 g/mol. The first kappa shape index (κ1) is 18.2. The summed E-state index contributed by atoms with van der Waals surface area (Å²) in [6.45, 7) is 4.18. The lowest BCUT2D eigenvalue weighted by Crippen LogP contribution is -2.26. The number of allylic oxidation sites excluding steroid dienone is 1. The van der Waals surface area contributed by atoms with Crippen LogP contribution in [0.25, 0.3) is 22.0 Å². The van der Waals surface area contributed by atoms with E-state index in [1.54, 1.807) is 13.0 Å². The van der Waals surface area contributed by atoms with Gasteiger partial charge in [0.1, 0.15) is 0 Å². The fraction of sp³-hybridized carbons (Fsp3) is 0.250. The van der Waals surface area contributed by atoms with Gasteiger partial charge in [-0.15, -0.1) is 0 Å². The molecule has 0 N–H and O–H groups in total. The zero-order chi connectivity index (χ0) is 19.7. The number of carbonyl (C=O) groups is 1. The van der Waals surface area contributed by atoms with Crippen molar-refractivity contribution in [1.29, 1.82) is 0 Å². The number of pyridine rings is 1. The lowest BCUT2D eigenvalue weighted by atomic mass is 9.86. The molecule has 2 aromatic carbocycles. The summed E-state index contributed by atoms with van der Waals surface area (Å²) in [5.41, 5.74) is 4.89. The highest BCUT2D eigenvalue weighted by Gasteiger charge is 2.24. The van der Waals surface area contributed by atoms with Crippen molar-refractivity contribution in [2.45, 2.75) is 33.1 Å².